The number of rotatable bonds is 5. The van der Waals surface area contributed by atoms with Crippen LogP contribution in [0.3, 0.4) is 0 Å². The Morgan fingerprint density at radius 2 is 2.11 bits per heavy atom. The van der Waals surface area contributed by atoms with Gasteiger partial charge in [0.25, 0.3) is 0 Å². The Balaban J connectivity index is 1.91. The molecule has 0 unspecified atom stereocenters. The lowest BCUT2D eigenvalue weighted by Crippen LogP contribution is -2.10. The molecule has 1 heterocycles. The van der Waals surface area contributed by atoms with E-state index in [2.05, 4.69) is 10.3 Å². The number of carbonyl (C=O) groups excluding carboxylic acids is 1. The molecule has 0 aliphatic carbocycles. The van der Waals surface area contributed by atoms with Gasteiger partial charge in [-0.05, 0) is 5.56 Å². The average molecular weight is 246 g/mol. The van der Waals surface area contributed by atoms with Crippen LogP contribution < -0.4 is 5.73 Å². The van der Waals surface area contributed by atoms with Gasteiger partial charge in [0.1, 0.15) is 6.61 Å². The fourth-order valence-corrected chi connectivity index (χ4v) is 1.43. The summed E-state index contributed by atoms with van der Waals surface area (Å²) in [7, 11) is 0. The van der Waals surface area contributed by atoms with E-state index in [0.717, 1.165) is 5.56 Å². The Labute approximate surface area is 104 Å². The number of hydrogen-bond acceptors (Lipinski definition) is 5. The van der Waals surface area contributed by atoms with Crippen molar-refractivity contribution in [2.45, 2.75) is 13.2 Å². The first kappa shape index (κ1) is 12.3. The summed E-state index contributed by atoms with van der Waals surface area (Å²) in [5.74, 6) is -0.484. The van der Waals surface area contributed by atoms with Gasteiger partial charge in [0, 0.05) is 6.54 Å². The number of ether oxygens (including phenoxy) is 1. The van der Waals surface area contributed by atoms with Crippen molar-refractivity contribution < 1.29 is 9.53 Å². The molecule has 18 heavy (non-hydrogen) atoms. The molecule has 0 saturated heterocycles. The van der Waals surface area contributed by atoms with Crippen molar-refractivity contribution in [1.82, 2.24) is 15.0 Å². The summed E-state index contributed by atoms with van der Waals surface area (Å²) >= 11 is 0. The molecule has 1 aromatic heterocycles. The molecule has 2 N–H and O–H groups in total. The van der Waals surface area contributed by atoms with Gasteiger partial charge in [0.2, 0.25) is 0 Å². The number of nitrogens with two attached hydrogens (primary N) is 1. The molecular formula is C12H14N4O2. The van der Waals surface area contributed by atoms with E-state index in [1.807, 2.05) is 30.3 Å². The van der Waals surface area contributed by atoms with Crippen molar-refractivity contribution in [2.75, 3.05) is 6.54 Å². The fraction of sp³-hybridized carbons (Fsp3) is 0.250. The van der Waals surface area contributed by atoms with Crippen molar-refractivity contribution in [2.24, 2.45) is 5.73 Å². The number of benzene rings is 1. The number of carbonyl (C=O) groups is 1. The smallest absolute Gasteiger partial charge is 0.360 e. The lowest BCUT2D eigenvalue weighted by molar-refractivity contribution is 0.0465. The Hall–Kier alpha value is -2.21. The normalized spacial score (nSPS) is 10.3. The van der Waals surface area contributed by atoms with Gasteiger partial charge < -0.3 is 10.5 Å². The molecule has 2 aromatic rings. The minimum Gasteiger partial charge on any atom is -0.456 e. The van der Waals surface area contributed by atoms with Crippen LogP contribution in [0.25, 0.3) is 0 Å². The van der Waals surface area contributed by atoms with Gasteiger partial charge in [-0.1, -0.05) is 35.5 Å². The monoisotopic (exact) mass is 246 g/mol. The summed E-state index contributed by atoms with van der Waals surface area (Å²) in [5, 5.41) is 7.50. The molecule has 0 radical (unpaired) electrons. The van der Waals surface area contributed by atoms with Gasteiger partial charge >= 0.3 is 5.97 Å². The number of aromatic nitrogens is 3. The third-order valence-electron chi connectivity index (χ3n) is 2.32. The zero-order valence-corrected chi connectivity index (χ0v) is 9.82. The van der Waals surface area contributed by atoms with Crippen LogP contribution in [-0.4, -0.2) is 27.5 Å². The van der Waals surface area contributed by atoms with E-state index in [4.69, 9.17) is 10.5 Å². The summed E-state index contributed by atoms with van der Waals surface area (Å²) in [6, 6.07) is 9.46. The highest BCUT2D eigenvalue weighted by atomic mass is 16.5. The van der Waals surface area contributed by atoms with Gasteiger partial charge in [-0.25, -0.2) is 4.79 Å². The fourth-order valence-electron chi connectivity index (χ4n) is 1.43. The highest BCUT2D eigenvalue weighted by Crippen LogP contribution is 2.03. The largest absolute Gasteiger partial charge is 0.456 e. The summed E-state index contributed by atoms with van der Waals surface area (Å²) in [5.41, 5.74) is 6.50. The number of hydrogen-bond donors (Lipinski definition) is 1. The third-order valence-corrected chi connectivity index (χ3v) is 2.32. The molecule has 0 saturated carbocycles. The van der Waals surface area contributed by atoms with Crippen LogP contribution in [0.2, 0.25) is 0 Å². The molecule has 94 valence electrons. The molecule has 6 nitrogen and oxygen atoms in total. The molecule has 0 amide bonds. The Morgan fingerprint density at radius 3 is 2.83 bits per heavy atom. The molecule has 0 atom stereocenters. The summed E-state index contributed by atoms with van der Waals surface area (Å²) in [4.78, 5) is 11.7. The average Bonchev–Trinajstić information content (AvgIpc) is 2.86. The van der Waals surface area contributed by atoms with Crippen LogP contribution in [0.5, 0.6) is 0 Å². The van der Waals surface area contributed by atoms with Gasteiger partial charge in [0.15, 0.2) is 5.69 Å². The van der Waals surface area contributed by atoms with E-state index in [1.54, 1.807) is 0 Å². The maximum atomic E-state index is 11.7. The van der Waals surface area contributed by atoms with Gasteiger partial charge in [0.05, 0.1) is 12.7 Å². The van der Waals surface area contributed by atoms with Gasteiger partial charge in [-0.15, -0.1) is 5.10 Å². The van der Waals surface area contributed by atoms with Gasteiger partial charge in [-0.2, -0.15) is 0 Å². The van der Waals surface area contributed by atoms with Crippen LogP contribution >= 0.6 is 0 Å². The quantitative estimate of drug-likeness (QED) is 0.781. The maximum absolute atomic E-state index is 11.7. The summed E-state index contributed by atoms with van der Waals surface area (Å²) in [6.07, 6.45) is 1.53. The third kappa shape index (κ3) is 3.14. The first-order chi connectivity index (χ1) is 8.79. The van der Waals surface area contributed by atoms with E-state index >= 15 is 0 Å². The highest BCUT2D eigenvalue weighted by Gasteiger charge is 2.12. The predicted octanol–water partition coefficient (Wildman–Crippen LogP) is 0.594. The molecule has 0 aliphatic heterocycles. The lowest BCUT2D eigenvalue weighted by Gasteiger charge is -2.01. The van der Waals surface area contributed by atoms with Crippen molar-refractivity contribution in [3.05, 3.63) is 47.8 Å². The second-order valence-electron chi connectivity index (χ2n) is 3.72. The standard InChI is InChI=1S/C12H14N4O2/c13-6-7-16-8-11(14-15-16)12(17)18-9-10-4-2-1-3-5-10/h1-5,8H,6-7,9,13H2. The minimum atomic E-state index is -0.484. The Morgan fingerprint density at radius 1 is 1.33 bits per heavy atom. The number of nitrogens with zero attached hydrogens (tertiary/aromatic N) is 3. The first-order valence-corrected chi connectivity index (χ1v) is 5.61. The topological polar surface area (TPSA) is 83.0 Å². The Bertz CT molecular complexity index is 510. The molecule has 0 spiro atoms. The number of esters is 1. The summed E-state index contributed by atoms with van der Waals surface area (Å²) < 4.78 is 6.63. The minimum absolute atomic E-state index is 0.194. The first-order valence-electron chi connectivity index (χ1n) is 5.61. The SMILES string of the molecule is NCCn1cc(C(=O)OCc2ccccc2)nn1. The van der Waals surface area contributed by atoms with Gasteiger partial charge in [-0.3, -0.25) is 4.68 Å². The second-order valence-corrected chi connectivity index (χ2v) is 3.72. The molecule has 6 heteroatoms. The summed E-state index contributed by atoms with van der Waals surface area (Å²) in [6.45, 7) is 1.20. The van der Waals surface area contributed by atoms with E-state index in [1.165, 1.54) is 10.9 Å². The highest BCUT2D eigenvalue weighted by molar-refractivity contribution is 5.86. The van der Waals surface area contributed by atoms with Crippen LogP contribution in [0.1, 0.15) is 16.1 Å². The molecule has 2 rings (SSSR count). The van der Waals surface area contributed by atoms with Crippen LogP contribution in [-0.2, 0) is 17.9 Å². The molecule has 0 bridgehead atoms. The van der Waals surface area contributed by atoms with E-state index in [0.29, 0.717) is 13.1 Å². The zero-order valence-electron chi connectivity index (χ0n) is 9.82. The van der Waals surface area contributed by atoms with E-state index in [9.17, 15) is 4.79 Å². The van der Waals surface area contributed by atoms with Crippen molar-refractivity contribution >= 4 is 5.97 Å². The van der Waals surface area contributed by atoms with Crippen LogP contribution in [0, 0.1) is 0 Å². The molecule has 1 aromatic carbocycles. The van der Waals surface area contributed by atoms with E-state index < -0.39 is 5.97 Å². The molecular weight excluding hydrogens is 232 g/mol. The van der Waals surface area contributed by atoms with E-state index in [-0.39, 0.29) is 12.3 Å². The molecule has 0 fully saturated rings. The lowest BCUT2D eigenvalue weighted by atomic mass is 10.2. The maximum Gasteiger partial charge on any atom is 0.360 e. The zero-order chi connectivity index (χ0) is 12.8. The predicted molar refractivity (Wildman–Crippen MR) is 64.6 cm³/mol. The van der Waals surface area contributed by atoms with Crippen molar-refractivity contribution in [3.8, 4) is 0 Å². The second kappa shape index (κ2) is 5.92. The van der Waals surface area contributed by atoms with Crippen molar-refractivity contribution in [3.63, 3.8) is 0 Å². The van der Waals surface area contributed by atoms with Crippen LogP contribution in [0.4, 0.5) is 0 Å². The molecule has 0 aliphatic rings. The van der Waals surface area contributed by atoms with Crippen molar-refractivity contribution in [1.29, 1.82) is 0 Å². The van der Waals surface area contributed by atoms with Crippen LogP contribution in [0.15, 0.2) is 36.5 Å². The Kier molecular flexibility index (Phi) is 4.03.